The van der Waals surface area contributed by atoms with Crippen LogP contribution in [0.25, 0.3) is 0 Å². The molecule has 0 radical (unpaired) electrons. The van der Waals surface area contributed by atoms with Crippen molar-refractivity contribution in [1.29, 1.82) is 0 Å². The fourth-order valence-electron chi connectivity index (χ4n) is 7.34. The third-order valence-electron chi connectivity index (χ3n) is 9.78. The average Bonchev–Trinajstić information content (AvgIpc) is 3.59. The van der Waals surface area contributed by atoms with Crippen LogP contribution in [-0.2, 0) is 30.1 Å². The molecular formula is C44H60Cl2N4O3RuS. The smallest absolute Gasteiger partial charge is 0.0146 e. The van der Waals surface area contributed by atoms with Gasteiger partial charge in [0, 0.05) is 24.5 Å². The molecule has 1 heterocycles. The van der Waals surface area contributed by atoms with Crippen LogP contribution in [0.5, 0.6) is 5.75 Å². The Morgan fingerprint density at radius 1 is 0.800 bits per heavy atom. The first kappa shape index (κ1) is 44.8. The van der Waals surface area contributed by atoms with Crippen molar-refractivity contribution in [3.8, 4) is 5.75 Å². The van der Waals surface area contributed by atoms with E-state index in [-0.39, 0.29) is 4.90 Å². The number of para-hydroxylation sites is 2. The minimum absolute atomic E-state index is 0.285. The number of halogens is 2. The summed E-state index contributed by atoms with van der Waals surface area (Å²) in [6.45, 7) is 23.3. The summed E-state index contributed by atoms with van der Waals surface area (Å²) < 4.78 is 34.5. The van der Waals surface area contributed by atoms with Gasteiger partial charge in [-0.1, -0.05) is 35.4 Å². The van der Waals surface area contributed by atoms with Crippen LogP contribution >= 0.6 is 19.4 Å². The van der Waals surface area contributed by atoms with E-state index in [0.717, 1.165) is 61.3 Å². The molecule has 0 bridgehead atoms. The fourth-order valence-corrected chi connectivity index (χ4v) is 10.8. The number of sulfonamides is 1. The van der Waals surface area contributed by atoms with Gasteiger partial charge in [0.25, 0.3) is 0 Å². The first-order valence-corrected chi connectivity index (χ1v) is 26.0. The SMILES string of the molecule is CCCCN(CCCC)S(=O)(=O)c1ccc(CNc2ccccc2[OH+]C)c([CH]=[Ru]([Cl])[Cl])c1.Cc1cc(C)c(N2[CH-]N(c3c(C)cc(C)cc3C)CC2)c(C)c1. The number of benzene rings is 4. The van der Waals surface area contributed by atoms with E-state index in [2.05, 4.69) is 106 Å². The second-order valence-corrected chi connectivity index (χ2v) is 22.0. The van der Waals surface area contributed by atoms with Gasteiger partial charge in [0.05, 0.1) is 0 Å². The van der Waals surface area contributed by atoms with E-state index in [1.54, 1.807) is 23.5 Å². The number of aryl methyl sites for hydroxylation is 6. The van der Waals surface area contributed by atoms with Crippen molar-refractivity contribution in [2.45, 2.75) is 92.5 Å². The Kier molecular flexibility index (Phi) is 17.1. The van der Waals surface area contributed by atoms with Crippen LogP contribution in [0.4, 0.5) is 17.1 Å². The van der Waals surface area contributed by atoms with Crippen molar-refractivity contribution in [3.63, 3.8) is 0 Å². The summed E-state index contributed by atoms with van der Waals surface area (Å²) >= 11 is -2.15. The predicted molar refractivity (Wildman–Crippen MR) is 234 cm³/mol. The number of unbranched alkanes of at least 4 members (excludes halogenated alkanes) is 2. The van der Waals surface area contributed by atoms with Gasteiger partial charge in [-0.3, -0.25) is 0 Å². The normalized spacial score (nSPS) is 13.1. The van der Waals surface area contributed by atoms with E-state index in [0.29, 0.717) is 19.6 Å². The summed E-state index contributed by atoms with van der Waals surface area (Å²) in [6, 6.07) is 22.1. The van der Waals surface area contributed by atoms with E-state index in [1.807, 2.05) is 34.9 Å². The van der Waals surface area contributed by atoms with Gasteiger partial charge in [0.15, 0.2) is 0 Å². The van der Waals surface area contributed by atoms with Crippen molar-refractivity contribution in [1.82, 2.24) is 4.31 Å². The predicted octanol–water partition coefficient (Wildman–Crippen LogP) is 10.8. The van der Waals surface area contributed by atoms with Crippen LogP contribution in [0, 0.1) is 48.2 Å². The molecule has 1 fully saturated rings. The van der Waals surface area contributed by atoms with E-state index in [1.165, 1.54) is 44.8 Å². The summed E-state index contributed by atoms with van der Waals surface area (Å²) in [5.74, 6) is 0.863. The number of ether oxygens (including phenoxy) is 1. The summed E-state index contributed by atoms with van der Waals surface area (Å²) in [6.07, 6.45) is 3.56. The van der Waals surface area contributed by atoms with Crippen molar-refractivity contribution in [2.24, 2.45) is 0 Å². The zero-order valence-electron chi connectivity index (χ0n) is 34.0. The van der Waals surface area contributed by atoms with Crippen LogP contribution < -0.4 is 15.1 Å². The van der Waals surface area contributed by atoms with Crippen molar-refractivity contribution in [3.05, 3.63) is 118 Å². The zero-order valence-corrected chi connectivity index (χ0v) is 38.1. The Bertz CT molecular complexity index is 1940. The van der Waals surface area contributed by atoms with Crippen LogP contribution in [0.3, 0.4) is 0 Å². The third-order valence-corrected chi connectivity index (χ3v) is 13.5. The van der Waals surface area contributed by atoms with Crippen LogP contribution in [-0.4, -0.2) is 55.4 Å². The molecule has 0 saturated carbocycles. The number of nitrogens with one attached hydrogen (secondary N) is 1. The Labute approximate surface area is 344 Å². The quantitative estimate of drug-likeness (QED) is 0.0557. The standard InChI is InChI=1S/C23H32N2O3S.C21H27N2.2ClH.Ru/c1-5-7-15-25(16-8-6-2)29(26,27)21-14-13-20(19(3)17-21)18-24-22-11-9-10-12-23(22)28-4;1-14-9-16(3)20(17(4)10-14)22-7-8-23(13-22)21-18(5)11-15(2)12-19(21)6;;;/h3,9-14,17,24H,5-8,15-16,18H2,1-2,4H3;9-13H,7-8H2,1-6H3;2*1H;/q;-1;;;+2/p-1. The molecule has 0 aromatic heterocycles. The number of aliphatic hydroxyl groups is 1. The molecule has 11 heteroatoms. The molecule has 302 valence electrons. The van der Waals surface area contributed by atoms with Gasteiger partial charge < -0.3 is 9.80 Å². The number of hydrogen-bond acceptors (Lipinski definition) is 5. The van der Waals surface area contributed by atoms with Crippen molar-refractivity contribution in [2.75, 3.05) is 48.4 Å². The van der Waals surface area contributed by atoms with Gasteiger partial charge in [-0.15, -0.1) is 0 Å². The van der Waals surface area contributed by atoms with Gasteiger partial charge in [-0.2, -0.15) is 6.67 Å². The Balaban J connectivity index is 0.000000257. The molecular weight excluding hydrogens is 837 g/mol. The first-order chi connectivity index (χ1) is 26.2. The maximum absolute atomic E-state index is 13.4. The Hall–Kier alpha value is -2.94. The molecule has 2 N–H and O–H groups in total. The largest absolute Gasteiger partial charge is 0.502 e. The summed E-state index contributed by atoms with van der Waals surface area (Å²) in [7, 11) is 10.5. The molecule has 1 saturated heterocycles. The number of aromatic hydroxyl groups is 1. The molecule has 0 atom stereocenters. The summed E-state index contributed by atoms with van der Waals surface area (Å²) in [5.41, 5.74) is 13.4. The van der Waals surface area contributed by atoms with E-state index < -0.39 is 23.5 Å². The summed E-state index contributed by atoms with van der Waals surface area (Å²) in [4.78, 5) is 5.10. The topological polar surface area (TPSA) is 68.7 Å². The second-order valence-electron chi connectivity index (χ2n) is 14.4. The zero-order chi connectivity index (χ0) is 40.3. The van der Waals surface area contributed by atoms with Crippen LogP contribution in [0.2, 0.25) is 0 Å². The maximum atomic E-state index is 13.4. The minimum atomic E-state index is -3.59. The molecule has 0 spiro atoms. The second kappa shape index (κ2) is 21.0. The number of anilines is 3. The summed E-state index contributed by atoms with van der Waals surface area (Å²) in [5, 5.41) is 3.39. The van der Waals surface area contributed by atoms with Crippen LogP contribution in [0.1, 0.15) is 84.0 Å². The molecule has 4 aromatic rings. The molecule has 1 aliphatic rings. The molecule has 5 rings (SSSR count). The Morgan fingerprint density at radius 2 is 1.31 bits per heavy atom. The Morgan fingerprint density at radius 3 is 1.78 bits per heavy atom. The minimum Gasteiger partial charge on any atom is -0.502 e. The number of hydrogen-bond donors (Lipinski definition) is 1. The number of nitrogens with zero attached hydrogens (tertiary/aromatic N) is 3. The molecule has 0 amide bonds. The van der Waals surface area contributed by atoms with E-state index in [9.17, 15) is 8.42 Å². The van der Waals surface area contributed by atoms with Gasteiger partial charge in [0.2, 0.25) is 0 Å². The number of rotatable bonds is 15. The molecule has 0 aliphatic carbocycles. The molecule has 0 unspecified atom stereocenters. The molecule has 4 aromatic carbocycles. The average molecular weight is 897 g/mol. The maximum Gasteiger partial charge on any atom is 0.0146 e. The fraction of sp³-hybridized carbons (Fsp3) is 0.409. The van der Waals surface area contributed by atoms with E-state index in [4.69, 9.17) is 19.4 Å². The van der Waals surface area contributed by atoms with Gasteiger partial charge in [0.1, 0.15) is 0 Å². The van der Waals surface area contributed by atoms with Gasteiger partial charge in [-0.25, -0.2) is 0 Å². The molecule has 7 nitrogen and oxygen atoms in total. The van der Waals surface area contributed by atoms with Gasteiger partial charge >= 0.3 is 207 Å². The van der Waals surface area contributed by atoms with E-state index >= 15 is 0 Å². The molecule has 1 aliphatic heterocycles. The van der Waals surface area contributed by atoms with Crippen LogP contribution in [0.15, 0.2) is 71.6 Å². The molecule has 55 heavy (non-hydrogen) atoms. The third kappa shape index (κ3) is 12.0. The van der Waals surface area contributed by atoms with Gasteiger partial charge in [-0.05, 0) is 63.8 Å². The van der Waals surface area contributed by atoms with Crippen molar-refractivity contribution >= 4 is 51.1 Å². The first-order valence-electron chi connectivity index (χ1n) is 19.1. The monoisotopic (exact) mass is 896 g/mol. The van der Waals surface area contributed by atoms with Crippen molar-refractivity contribution < 1.29 is 26.7 Å².